The van der Waals surface area contributed by atoms with E-state index >= 15 is 0 Å². The van der Waals surface area contributed by atoms with Gasteiger partial charge in [0.05, 0.1) is 17.1 Å². The van der Waals surface area contributed by atoms with E-state index in [1.807, 2.05) is 0 Å². The van der Waals surface area contributed by atoms with Gasteiger partial charge < -0.3 is 10.1 Å². The number of piperidine rings is 1. The Labute approximate surface area is 169 Å². The molecule has 1 fully saturated rings. The summed E-state index contributed by atoms with van der Waals surface area (Å²) < 4.78 is 48.1. The number of ether oxygens (including phenoxy) is 1. The number of carbonyl (C=O) groups excluding carboxylic acids is 1. The van der Waals surface area contributed by atoms with Crippen LogP contribution >= 0.6 is 0 Å². The monoisotopic (exact) mass is 417 g/mol. The van der Waals surface area contributed by atoms with Crippen molar-refractivity contribution < 1.29 is 22.7 Å². The highest BCUT2D eigenvalue weighted by molar-refractivity contribution is 5.97. The quantitative estimate of drug-likeness (QED) is 0.673. The maximum absolute atomic E-state index is 14.0. The third kappa shape index (κ3) is 3.07. The molecule has 4 heterocycles. The lowest BCUT2D eigenvalue weighted by Crippen LogP contribution is -2.30. The maximum Gasteiger partial charge on any atom is 0.413 e. The van der Waals surface area contributed by atoms with Gasteiger partial charge in [0, 0.05) is 17.1 Å². The third-order valence-corrected chi connectivity index (χ3v) is 5.54. The number of aromatic nitrogens is 3. The first kappa shape index (κ1) is 18.9. The lowest BCUT2D eigenvalue weighted by Gasteiger charge is -2.26. The number of halogens is 3. The van der Waals surface area contributed by atoms with Crippen LogP contribution in [0.5, 0.6) is 0 Å². The van der Waals surface area contributed by atoms with Gasteiger partial charge in [0.2, 0.25) is 0 Å². The molecule has 0 aliphatic carbocycles. The first-order valence-corrected chi connectivity index (χ1v) is 9.66. The molecule has 1 amide bonds. The normalized spacial score (nSPS) is 19.6. The van der Waals surface area contributed by atoms with Crippen LogP contribution in [0.3, 0.4) is 0 Å². The van der Waals surface area contributed by atoms with Crippen molar-refractivity contribution in [3.05, 3.63) is 41.8 Å². The van der Waals surface area contributed by atoms with Gasteiger partial charge >= 0.3 is 6.09 Å². The summed E-state index contributed by atoms with van der Waals surface area (Å²) in [6.07, 6.45) is -2.63. The van der Waals surface area contributed by atoms with Crippen LogP contribution in [0, 0.1) is 5.82 Å². The molecule has 0 saturated carbocycles. The second-order valence-corrected chi connectivity index (χ2v) is 7.34. The Balaban J connectivity index is 1.73. The largest absolute Gasteiger partial charge is 0.435 e. The molecule has 1 saturated heterocycles. The zero-order valence-corrected chi connectivity index (χ0v) is 15.7. The minimum absolute atomic E-state index is 0.0146. The number of benzene rings is 1. The predicted octanol–water partition coefficient (Wildman–Crippen LogP) is 4.03. The van der Waals surface area contributed by atoms with Gasteiger partial charge in [0.1, 0.15) is 17.3 Å². The van der Waals surface area contributed by atoms with Crippen LogP contribution in [0.2, 0.25) is 0 Å². The van der Waals surface area contributed by atoms with Crippen molar-refractivity contribution in [1.29, 1.82) is 0 Å². The first-order chi connectivity index (χ1) is 14.5. The number of nitrogens with one attached hydrogen (secondary N) is 2. The molecule has 1 aromatic carbocycles. The number of cyclic esters (lactones) is 1. The summed E-state index contributed by atoms with van der Waals surface area (Å²) in [7, 11) is 0. The second-order valence-electron chi connectivity index (χ2n) is 7.34. The Bertz CT molecular complexity index is 1130. The van der Waals surface area contributed by atoms with Gasteiger partial charge in [-0.05, 0) is 50.2 Å². The Morgan fingerprint density at radius 3 is 2.77 bits per heavy atom. The van der Waals surface area contributed by atoms with Crippen molar-refractivity contribution in [3.8, 4) is 11.3 Å². The standard InChI is InChI=1S/C20H18F3N5O2/c21-10-1-2-12-14(9-10)28(11-3-6-24-7-4-11)27-16(12)13-5-8-25-19-15(13)17(18(22)23)30-20(29)26-19/h1-2,5,8-9,11,17-18,24H,3-4,6-7H2,(H,25,26,29)/t17-/m1/s1. The lowest BCUT2D eigenvalue weighted by molar-refractivity contribution is -0.0168. The Morgan fingerprint density at radius 2 is 2.00 bits per heavy atom. The topological polar surface area (TPSA) is 81.1 Å². The number of rotatable bonds is 3. The number of carbonyl (C=O) groups is 1. The summed E-state index contributed by atoms with van der Waals surface area (Å²) in [5.41, 5.74) is 1.45. The van der Waals surface area contributed by atoms with Crippen LogP contribution in [0.1, 0.15) is 30.6 Å². The smallest absolute Gasteiger partial charge is 0.413 e. The maximum atomic E-state index is 14.0. The van der Waals surface area contributed by atoms with Gasteiger partial charge in [-0.3, -0.25) is 10.00 Å². The second kappa shape index (κ2) is 7.28. The van der Waals surface area contributed by atoms with Crippen LogP contribution < -0.4 is 10.6 Å². The fraction of sp³-hybridized carbons (Fsp3) is 0.350. The third-order valence-electron chi connectivity index (χ3n) is 5.54. The summed E-state index contributed by atoms with van der Waals surface area (Å²) in [4.78, 5) is 15.7. The molecule has 2 N–H and O–H groups in total. The van der Waals surface area contributed by atoms with Crippen molar-refractivity contribution >= 4 is 22.8 Å². The Morgan fingerprint density at radius 1 is 1.20 bits per heavy atom. The molecule has 0 bridgehead atoms. The van der Waals surface area contributed by atoms with E-state index in [0.717, 1.165) is 25.9 Å². The Kier molecular flexibility index (Phi) is 4.58. The van der Waals surface area contributed by atoms with Gasteiger partial charge in [0.25, 0.3) is 6.43 Å². The molecular formula is C20H18F3N5O2. The van der Waals surface area contributed by atoms with E-state index in [1.165, 1.54) is 18.3 Å². The average Bonchev–Trinajstić information content (AvgIpc) is 3.11. The molecule has 10 heteroatoms. The fourth-order valence-corrected chi connectivity index (χ4v) is 4.18. The van der Waals surface area contributed by atoms with E-state index in [2.05, 4.69) is 15.6 Å². The molecule has 30 heavy (non-hydrogen) atoms. The molecule has 0 unspecified atom stereocenters. The van der Waals surface area contributed by atoms with E-state index in [9.17, 15) is 18.0 Å². The molecule has 2 aliphatic heterocycles. The highest BCUT2D eigenvalue weighted by Gasteiger charge is 2.37. The van der Waals surface area contributed by atoms with Crippen molar-refractivity contribution in [3.63, 3.8) is 0 Å². The minimum Gasteiger partial charge on any atom is -0.435 e. The zero-order valence-electron chi connectivity index (χ0n) is 15.7. The number of amides is 1. The Hall–Kier alpha value is -3.14. The number of hydrogen-bond acceptors (Lipinski definition) is 5. The van der Waals surface area contributed by atoms with Crippen LogP contribution in [-0.2, 0) is 4.74 Å². The van der Waals surface area contributed by atoms with Gasteiger partial charge in [-0.1, -0.05) is 0 Å². The number of alkyl halides is 2. The molecular weight excluding hydrogens is 399 g/mol. The van der Waals surface area contributed by atoms with Crippen molar-refractivity contribution in [2.24, 2.45) is 0 Å². The van der Waals surface area contributed by atoms with Crippen molar-refractivity contribution in [2.75, 3.05) is 18.4 Å². The lowest BCUT2D eigenvalue weighted by atomic mass is 9.98. The minimum atomic E-state index is -2.94. The molecule has 3 aromatic rings. The first-order valence-electron chi connectivity index (χ1n) is 9.66. The molecule has 156 valence electrons. The van der Waals surface area contributed by atoms with Gasteiger partial charge in [0.15, 0.2) is 6.10 Å². The van der Waals surface area contributed by atoms with Crippen LogP contribution in [0.15, 0.2) is 30.5 Å². The van der Waals surface area contributed by atoms with Crippen LogP contribution in [-0.4, -0.2) is 40.4 Å². The summed E-state index contributed by atoms with van der Waals surface area (Å²) in [6, 6.07) is 5.94. The molecule has 0 radical (unpaired) electrons. The highest BCUT2D eigenvalue weighted by Crippen LogP contribution is 2.42. The van der Waals surface area contributed by atoms with E-state index in [1.54, 1.807) is 16.8 Å². The number of hydrogen-bond donors (Lipinski definition) is 2. The summed E-state index contributed by atoms with van der Waals surface area (Å²) in [5.74, 6) is -0.386. The SMILES string of the molecule is O=C1Nc2nccc(-c3nn(C4CCNCC4)c4cc(F)ccc34)c2[C@H](C(F)F)O1. The highest BCUT2D eigenvalue weighted by atomic mass is 19.3. The van der Waals surface area contributed by atoms with Crippen LogP contribution in [0.4, 0.5) is 23.8 Å². The number of pyridine rings is 1. The van der Waals surface area contributed by atoms with E-state index in [0.29, 0.717) is 22.2 Å². The number of nitrogens with zero attached hydrogens (tertiary/aromatic N) is 3. The van der Waals surface area contributed by atoms with E-state index in [4.69, 9.17) is 9.84 Å². The summed E-state index contributed by atoms with van der Waals surface area (Å²) >= 11 is 0. The van der Waals surface area contributed by atoms with Gasteiger partial charge in [-0.25, -0.2) is 22.9 Å². The van der Waals surface area contributed by atoms with Crippen molar-refractivity contribution in [2.45, 2.75) is 31.4 Å². The fourth-order valence-electron chi connectivity index (χ4n) is 4.18. The van der Waals surface area contributed by atoms with E-state index < -0.39 is 24.4 Å². The van der Waals surface area contributed by atoms with Crippen LogP contribution in [0.25, 0.3) is 22.2 Å². The molecule has 1 atom stereocenters. The van der Waals surface area contributed by atoms with Gasteiger partial charge in [-0.15, -0.1) is 0 Å². The molecule has 2 aromatic heterocycles. The van der Waals surface area contributed by atoms with E-state index in [-0.39, 0.29) is 17.4 Å². The molecule has 2 aliphatic rings. The number of fused-ring (bicyclic) bond motifs is 2. The number of anilines is 1. The predicted molar refractivity (Wildman–Crippen MR) is 103 cm³/mol. The summed E-state index contributed by atoms with van der Waals surface area (Å²) in [6.45, 7) is 1.63. The molecule has 7 nitrogen and oxygen atoms in total. The molecule has 5 rings (SSSR count). The van der Waals surface area contributed by atoms with Gasteiger partial charge in [-0.2, -0.15) is 5.10 Å². The molecule has 0 spiro atoms. The van der Waals surface area contributed by atoms with Crippen molar-refractivity contribution in [1.82, 2.24) is 20.1 Å². The zero-order chi connectivity index (χ0) is 20.8. The summed E-state index contributed by atoms with van der Waals surface area (Å²) in [5, 5.41) is 11.0. The average molecular weight is 417 g/mol.